The highest BCUT2D eigenvalue weighted by atomic mass is 127. The second-order valence-corrected chi connectivity index (χ2v) is 6.81. The van der Waals surface area contributed by atoms with Gasteiger partial charge in [0.1, 0.15) is 0 Å². The van der Waals surface area contributed by atoms with Gasteiger partial charge >= 0.3 is 0 Å². The van der Waals surface area contributed by atoms with Gasteiger partial charge in [-0.1, -0.05) is 19.1 Å². The summed E-state index contributed by atoms with van der Waals surface area (Å²) in [7, 11) is 0. The predicted octanol–water partition coefficient (Wildman–Crippen LogP) is 3.89. The van der Waals surface area contributed by atoms with E-state index in [1.54, 1.807) is 11.3 Å². The number of hydrogen-bond donors (Lipinski definition) is 1. The minimum atomic E-state index is 0.319. The topological polar surface area (TPSA) is 29.3 Å². The molecule has 1 aromatic carbocycles. The largest absolute Gasteiger partial charge is 0.310 e. The van der Waals surface area contributed by atoms with Crippen molar-refractivity contribution in [1.29, 1.82) is 0 Å². The third kappa shape index (κ3) is 3.05. The van der Waals surface area contributed by atoms with Crippen molar-refractivity contribution >= 4 is 38.9 Å². The van der Waals surface area contributed by atoms with Crippen LogP contribution in [-0.4, -0.2) is 15.9 Å². The van der Waals surface area contributed by atoms with Crippen molar-refractivity contribution in [3.05, 3.63) is 56.9 Å². The molecule has 20 heavy (non-hydrogen) atoms. The van der Waals surface area contributed by atoms with E-state index in [2.05, 4.69) is 86.3 Å². The number of aromatic nitrogens is 2. The van der Waals surface area contributed by atoms with Gasteiger partial charge in [0.2, 0.25) is 0 Å². The number of nitrogens with one attached hydrogen (secondary N) is 1. The first-order valence-electron chi connectivity index (χ1n) is 6.66. The van der Waals surface area contributed by atoms with Crippen molar-refractivity contribution in [3.8, 4) is 0 Å². The summed E-state index contributed by atoms with van der Waals surface area (Å²) in [6, 6.07) is 8.99. The van der Waals surface area contributed by atoms with Crippen LogP contribution in [-0.2, 0) is 6.42 Å². The highest BCUT2D eigenvalue weighted by Crippen LogP contribution is 2.21. The third-order valence-corrected chi connectivity index (χ3v) is 4.70. The molecular weight excluding hydrogens is 381 g/mol. The Labute approximate surface area is 136 Å². The Kier molecular flexibility index (Phi) is 4.38. The van der Waals surface area contributed by atoms with E-state index in [4.69, 9.17) is 0 Å². The van der Waals surface area contributed by atoms with Crippen LogP contribution in [0.15, 0.2) is 42.0 Å². The van der Waals surface area contributed by atoms with E-state index in [1.165, 1.54) is 9.13 Å². The number of benzene rings is 1. The molecule has 2 aromatic heterocycles. The second kappa shape index (κ2) is 6.24. The Morgan fingerprint density at radius 3 is 3.10 bits per heavy atom. The first-order chi connectivity index (χ1) is 9.76. The monoisotopic (exact) mass is 397 g/mol. The Bertz CT molecular complexity index is 675. The molecule has 0 spiro atoms. The van der Waals surface area contributed by atoms with E-state index in [9.17, 15) is 0 Å². The maximum Gasteiger partial charge on any atom is 0.193 e. The van der Waals surface area contributed by atoms with Crippen molar-refractivity contribution in [3.63, 3.8) is 0 Å². The number of imidazole rings is 1. The molecule has 104 valence electrons. The zero-order valence-electron chi connectivity index (χ0n) is 11.2. The average molecular weight is 397 g/mol. The van der Waals surface area contributed by atoms with Crippen molar-refractivity contribution in [2.45, 2.75) is 19.4 Å². The van der Waals surface area contributed by atoms with Gasteiger partial charge < -0.3 is 5.32 Å². The fraction of sp³-hybridized carbons (Fsp3) is 0.267. The molecular formula is C15H16IN3S. The smallest absolute Gasteiger partial charge is 0.193 e. The minimum absolute atomic E-state index is 0.319. The number of nitrogens with zero attached hydrogens (tertiary/aromatic N) is 2. The number of hydrogen-bond acceptors (Lipinski definition) is 3. The maximum absolute atomic E-state index is 4.68. The highest BCUT2D eigenvalue weighted by molar-refractivity contribution is 14.1. The number of rotatable bonds is 5. The second-order valence-electron chi connectivity index (χ2n) is 4.69. The fourth-order valence-corrected chi connectivity index (χ4v) is 3.65. The molecule has 3 rings (SSSR count). The van der Waals surface area contributed by atoms with Crippen LogP contribution in [0.3, 0.4) is 0 Å². The van der Waals surface area contributed by atoms with E-state index in [0.717, 1.165) is 23.6 Å². The van der Waals surface area contributed by atoms with Gasteiger partial charge in [-0.2, -0.15) is 0 Å². The van der Waals surface area contributed by atoms with E-state index >= 15 is 0 Å². The van der Waals surface area contributed by atoms with Crippen LogP contribution >= 0.6 is 33.9 Å². The molecule has 3 aromatic rings. The minimum Gasteiger partial charge on any atom is -0.310 e. The van der Waals surface area contributed by atoms with Crippen LogP contribution in [0, 0.1) is 3.57 Å². The van der Waals surface area contributed by atoms with Gasteiger partial charge in [-0.05, 0) is 46.8 Å². The summed E-state index contributed by atoms with van der Waals surface area (Å²) < 4.78 is 3.37. The summed E-state index contributed by atoms with van der Waals surface area (Å²) in [6.07, 6.45) is 5.11. The lowest BCUT2D eigenvalue weighted by atomic mass is 10.0. The first-order valence-corrected chi connectivity index (χ1v) is 8.62. The van der Waals surface area contributed by atoms with Crippen LogP contribution in [0.5, 0.6) is 0 Å². The van der Waals surface area contributed by atoms with Crippen LogP contribution in [0.4, 0.5) is 0 Å². The highest BCUT2D eigenvalue weighted by Gasteiger charge is 2.14. The van der Waals surface area contributed by atoms with Crippen molar-refractivity contribution in [2.24, 2.45) is 0 Å². The van der Waals surface area contributed by atoms with Gasteiger partial charge in [-0.3, -0.25) is 4.40 Å². The standard InChI is InChI=1S/C15H16IN3S/c1-2-17-14(11-4-3-5-12(16)8-11)9-13-10-19-6-7-20-15(19)18-13/h3-8,10,14,17H,2,9H2,1H3. The molecule has 1 N–H and O–H groups in total. The zero-order chi connectivity index (χ0) is 13.9. The van der Waals surface area contributed by atoms with Crippen LogP contribution in [0.25, 0.3) is 4.96 Å². The Morgan fingerprint density at radius 1 is 1.45 bits per heavy atom. The molecule has 0 bridgehead atoms. The molecule has 0 saturated heterocycles. The quantitative estimate of drug-likeness (QED) is 0.662. The summed E-state index contributed by atoms with van der Waals surface area (Å²) in [5.41, 5.74) is 2.47. The van der Waals surface area contributed by atoms with E-state index < -0.39 is 0 Å². The van der Waals surface area contributed by atoms with Crippen LogP contribution < -0.4 is 5.32 Å². The summed E-state index contributed by atoms with van der Waals surface area (Å²) >= 11 is 4.04. The molecule has 0 aliphatic heterocycles. The van der Waals surface area contributed by atoms with Crippen LogP contribution in [0.1, 0.15) is 24.2 Å². The third-order valence-electron chi connectivity index (χ3n) is 3.26. The Hall–Kier alpha value is -0.920. The lowest BCUT2D eigenvalue weighted by Crippen LogP contribution is -2.23. The van der Waals surface area contributed by atoms with Gasteiger partial charge in [0.25, 0.3) is 0 Å². The molecule has 1 unspecified atom stereocenters. The molecule has 0 radical (unpaired) electrons. The average Bonchev–Trinajstić information content (AvgIpc) is 2.99. The number of halogens is 1. The predicted molar refractivity (Wildman–Crippen MR) is 92.3 cm³/mol. The Balaban J connectivity index is 1.85. The first kappa shape index (κ1) is 14.0. The molecule has 2 heterocycles. The van der Waals surface area contributed by atoms with Gasteiger partial charge in [-0.25, -0.2) is 4.98 Å². The molecule has 0 aliphatic carbocycles. The molecule has 5 heteroatoms. The lowest BCUT2D eigenvalue weighted by Gasteiger charge is -2.17. The fourth-order valence-electron chi connectivity index (χ4n) is 2.36. The molecule has 0 amide bonds. The molecule has 3 nitrogen and oxygen atoms in total. The zero-order valence-corrected chi connectivity index (χ0v) is 14.2. The molecule has 0 saturated carbocycles. The summed E-state index contributed by atoms with van der Waals surface area (Å²) in [5.74, 6) is 0. The maximum atomic E-state index is 4.68. The summed E-state index contributed by atoms with van der Waals surface area (Å²) in [6.45, 7) is 3.10. The molecule has 0 aliphatic rings. The number of likely N-dealkylation sites (N-methyl/N-ethyl adjacent to an activating group) is 1. The van der Waals surface area contributed by atoms with Crippen LogP contribution in [0.2, 0.25) is 0 Å². The van der Waals surface area contributed by atoms with Gasteiger partial charge in [0.05, 0.1) is 5.69 Å². The van der Waals surface area contributed by atoms with E-state index in [-0.39, 0.29) is 0 Å². The number of fused-ring (bicyclic) bond motifs is 1. The summed E-state index contributed by atoms with van der Waals surface area (Å²) in [5, 5.41) is 5.62. The molecule has 0 fully saturated rings. The van der Waals surface area contributed by atoms with E-state index in [0.29, 0.717) is 6.04 Å². The van der Waals surface area contributed by atoms with Crippen molar-refractivity contribution in [2.75, 3.05) is 6.54 Å². The van der Waals surface area contributed by atoms with Gasteiger partial charge in [0.15, 0.2) is 4.96 Å². The molecule has 1 atom stereocenters. The lowest BCUT2D eigenvalue weighted by molar-refractivity contribution is 0.545. The van der Waals surface area contributed by atoms with E-state index in [1.807, 2.05) is 0 Å². The van der Waals surface area contributed by atoms with Gasteiger partial charge in [-0.15, -0.1) is 11.3 Å². The normalized spacial score (nSPS) is 12.9. The van der Waals surface area contributed by atoms with Gasteiger partial charge in [0, 0.05) is 33.8 Å². The number of thiazole rings is 1. The van der Waals surface area contributed by atoms with Crippen molar-refractivity contribution in [1.82, 2.24) is 14.7 Å². The SMILES string of the molecule is CCNC(Cc1cn2ccsc2n1)c1cccc(I)c1. The summed E-state index contributed by atoms with van der Waals surface area (Å²) in [4.78, 5) is 5.75. The van der Waals surface area contributed by atoms with Crippen molar-refractivity contribution < 1.29 is 0 Å². The Morgan fingerprint density at radius 2 is 2.35 bits per heavy atom.